The summed E-state index contributed by atoms with van der Waals surface area (Å²) in [4.78, 5) is 12.4. The van der Waals surface area contributed by atoms with E-state index in [4.69, 9.17) is 0 Å². The molecule has 0 aliphatic carbocycles. The van der Waals surface area contributed by atoms with Gasteiger partial charge in [-0.1, -0.05) is 50.5 Å². The fraction of sp³-hybridized carbons (Fsp3) is 0.667. The number of nitrogens with zero attached hydrogens (tertiary/aromatic N) is 6. The van der Waals surface area contributed by atoms with Crippen molar-refractivity contribution in [3.63, 3.8) is 0 Å². The zero-order valence-electron chi connectivity index (χ0n) is 13.6. The lowest BCUT2D eigenvalue weighted by Gasteiger charge is -2.08. The van der Waals surface area contributed by atoms with Crippen molar-refractivity contribution in [2.24, 2.45) is 5.92 Å². The summed E-state index contributed by atoms with van der Waals surface area (Å²) in [6.07, 6.45) is 9.23. The molecule has 0 amide bonds. The number of hydrogen-bond donors (Lipinski definition) is 0. The molecule has 0 saturated heterocycles. The maximum Gasteiger partial charge on any atom is 0.372 e. The number of hydrogen-bond acceptors (Lipinski definition) is 5. The van der Waals surface area contributed by atoms with Crippen molar-refractivity contribution < 1.29 is 4.79 Å². The van der Waals surface area contributed by atoms with E-state index in [0.29, 0.717) is 5.92 Å². The van der Waals surface area contributed by atoms with Crippen LogP contribution < -0.4 is 0 Å². The fourth-order valence-electron chi connectivity index (χ4n) is 2.41. The number of aromatic nitrogens is 6. The lowest BCUT2D eigenvalue weighted by Crippen LogP contribution is -2.23. The summed E-state index contributed by atoms with van der Waals surface area (Å²) in [7, 11) is 0. The number of carbonyl (C=O) groups excluding carboxylic acids is 1. The summed E-state index contributed by atoms with van der Waals surface area (Å²) in [5.41, 5.74) is 1.82. The molecular formula is C15H24N6O. The summed E-state index contributed by atoms with van der Waals surface area (Å²) < 4.78 is 2.56. The van der Waals surface area contributed by atoms with E-state index < -0.39 is 0 Å². The maximum absolute atomic E-state index is 12.4. The molecular weight excluding hydrogens is 280 g/mol. The van der Waals surface area contributed by atoms with Crippen LogP contribution in [0.25, 0.3) is 0 Å². The van der Waals surface area contributed by atoms with Crippen molar-refractivity contribution in [1.82, 2.24) is 30.0 Å². The van der Waals surface area contributed by atoms with E-state index in [0.717, 1.165) is 37.1 Å². The number of rotatable bonds is 7. The molecule has 0 aliphatic heterocycles. The summed E-state index contributed by atoms with van der Waals surface area (Å²) >= 11 is 0. The average Bonchev–Trinajstić information content (AvgIpc) is 3.13. The molecule has 2 aromatic heterocycles. The Morgan fingerprint density at radius 1 is 1.23 bits per heavy atom. The van der Waals surface area contributed by atoms with Crippen LogP contribution in [-0.4, -0.2) is 36.0 Å². The maximum atomic E-state index is 12.4. The van der Waals surface area contributed by atoms with Gasteiger partial charge in [0.2, 0.25) is 0 Å². The van der Waals surface area contributed by atoms with Crippen LogP contribution in [0, 0.1) is 5.92 Å². The topological polar surface area (TPSA) is 78.5 Å². The molecule has 0 aliphatic rings. The van der Waals surface area contributed by atoms with Gasteiger partial charge < -0.3 is 0 Å². The van der Waals surface area contributed by atoms with Gasteiger partial charge >= 0.3 is 6.03 Å². The van der Waals surface area contributed by atoms with E-state index in [9.17, 15) is 4.79 Å². The average molecular weight is 304 g/mol. The molecule has 0 N–H and O–H groups in total. The van der Waals surface area contributed by atoms with Gasteiger partial charge in [-0.15, -0.1) is 10.2 Å². The molecule has 0 saturated carbocycles. The Kier molecular flexibility index (Phi) is 5.80. The Morgan fingerprint density at radius 3 is 2.68 bits per heavy atom. The molecule has 0 fully saturated rings. The monoisotopic (exact) mass is 304 g/mol. The van der Waals surface area contributed by atoms with E-state index in [-0.39, 0.29) is 6.03 Å². The highest BCUT2D eigenvalue weighted by atomic mass is 16.2. The first-order valence-corrected chi connectivity index (χ1v) is 7.98. The number of unbranched alkanes of at least 4 members (excludes halogenated alkanes) is 3. The van der Waals surface area contributed by atoms with Crippen LogP contribution in [0.1, 0.15) is 57.8 Å². The van der Waals surface area contributed by atoms with Crippen LogP contribution in [0.4, 0.5) is 4.79 Å². The van der Waals surface area contributed by atoms with Gasteiger partial charge in [-0.25, -0.2) is 4.79 Å². The minimum atomic E-state index is -0.328. The van der Waals surface area contributed by atoms with Crippen LogP contribution in [0.2, 0.25) is 0 Å². The summed E-state index contributed by atoms with van der Waals surface area (Å²) in [6, 6.07) is -0.328. The summed E-state index contributed by atoms with van der Waals surface area (Å²) in [6.45, 7) is 6.46. The minimum absolute atomic E-state index is 0.328. The van der Waals surface area contributed by atoms with Crippen LogP contribution in [-0.2, 0) is 12.8 Å². The van der Waals surface area contributed by atoms with Gasteiger partial charge in [0.25, 0.3) is 0 Å². The Hall–Kier alpha value is -2.05. The SMILES string of the molecule is CCCCCCc1c(CC(C)C)nnn1C(=O)n1ccnn1. The highest BCUT2D eigenvalue weighted by molar-refractivity contribution is 5.77. The minimum Gasteiger partial charge on any atom is -0.243 e. The largest absolute Gasteiger partial charge is 0.372 e. The lowest BCUT2D eigenvalue weighted by molar-refractivity contribution is 0.236. The fourth-order valence-corrected chi connectivity index (χ4v) is 2.41. The summed E-state index contributed by atoms with van der Waals surface area (Å²) in [5.74, 6) is 0.473. The van der Waals surface area contributed by atoms with E-state index >= 15 is 0 Å². The van der Waals surface area contributed by atoms with Crippen molar-refractivity contribution in [3.05, 3.63) is 23.8 Å². The second-order valence-electron chi connectivity index (χ2n) is 5.93. The molecule has 0 atom stereocenters. The molecule has 0 bridgehead atoms. The first kappa shape index (κ1) is 16.3. The molecule has 2 heterocycles. The Morgan fingerprint density at radius 2 is 2.05 bits per heavy atom. The normalized spacial score (nSPS) is 11.3. The lowest BCUT2D eigenvalue weighted by atomic mass is 10.0. The van der Waals surface area contributed by atoms with Gasteiger partial charge in [0.15, 0.2) is 0 Å². The van der Waals surface area contributed by atoms with E-state index in [1.165, 1.54) is 34.6 Å². The third-order valence-electron chi connectivity index (χ3n) is 3.51. The van der Waals surface area contributed by atoms with Crippen LogP contribution in [0.3, 0.4) is 0 Å². The Balaban J connectivity index is 2.20. The molecule has 7 heteroatoms. The predicted molar refractivity (Wildman–Crippen MR) is 82.6 cm³/mol. The molecule has 22 heavy (non-hydrogen) atoms. The third kappa shape index (κ3) is 3.99. The first-order chi connectivity index (χ1) is 10.6. The van der Waals surface area contributed by atoms with Gasteiger partial charge in [0.1, 0.15) is 0 Å². The van der Waals surface area contributed by atoms with Crippen LogP contribution in [0.5, 0.6) is 0 Å². The van der Waals surface area contributed by atoms with Gasteiger partial charge in [0.05, 0.1) is 23.8 Å². The molecule has 0 spiro atoms. The van der Waals surface area contributed by atoms with Crippen molar-refractivity contribution in [3.8, 4) is 0 Å². The smallest absolute Gasteiger partial charge is 0.243 e. The van der Waals surface area contributed by atoms with E-state index in [2.05, 4.69) is 41.4 Å². The van der Waals surface area contributed by atoms with Gasteiger partial charge in [-0.2, -0.15) is 9.36 Å². The van der Waals surface area contributed by atoms with Crippen molar-refractivity contribution in [1.29, 1.82) is 0 Å². The zero-order chi connectivity index (χ0) is 15.9. The van der Waals surface area contributed by atoms with Crippen molar-refractivity contribution >= 4 is 6.03 Å². The zero-order valence-corrected chi connectivity index (χ0v) is 13.6. The van der Waals surface area contributed by atoms with Crippen molar-refractivity contribution in [2.45, 2.75) is 59.3 Å². The highest BCUT2D eigenvalue weighted by Gasteiger charge is 2.20. The molecule has 0 unspecified atom stereocenters. The van der Waals surface area contributed by atoms with Crippen molar-refractivity contribution in [2.75, 3.05) is 0 Å². The molecule has 2 aromatic rings. The molecule has 7 nitrogen and oxygen atoms in total. The molecule has 2 rings (SSSR count). The molecule has 0 aromatic carbocycles. The second kappa shape index (κ2) is 7.82. The molecule has 120 valence electrons. The quantitative estimate of drug-likeness (QED) is 0.735. The highest BCUT2D eigenvalue weighted by Crippen LogP contribution is 2.15. The second-order valence-corrected chi connectivity index (χ2v) is 5.93. The summed E-state index contributed by atoms with van der Waals surface area (Å²) in [5, 5.41) is 15.7. The predicted octanol–water partition coefficient (Wildman–Crippen LogP) is 2.71. The Bertz CT molecular complexity index is 587. The standard InChI is InChI=1S/C15H24N6O/c1-4-5-6-7-8-14-13(11-12(2)3)17-19-21(14)15(22)20-10-9-16-18-20/h9-10,12H,4-8,11H2,1-3H3. The van der Waals surface area contributed by atoms with E-state index in [1.807, 2.05) is 0 Å². The van der Waals surface area contributed by atoms with Gasteiger partial charge in [-0.3, -0.25) is 0 Å². The van der Waals surface area contributed by atoms with Crippen LogP contribution >= 0.6 is 0 Å². The first-order valence-electron chi connectivity index (χ1n) is 7.98. The van der Waals surface area contributed by atoms with Gasteiger partial charge in [-0.05, 0) is 25.2 Å². The molecule has 0 radical (unpaired) electrons. The third-order valence-corrected chi connectivity index (χ3v) is 3.51. The number of carbonyl (C=O) groups is 1. The van der Waals surface area contributed by atoms with E-state index in [1.54, 1.807) is 0 Å². The van der Waals surface area contributed by atoms with Crippen LogP contribution in [0.15, 0.2) is 12.4 Å². The Labute approximate surface area is 130 Å². The van der Waals surface area contributed by atoms with Gasteiger partial charge in [0, 0.05) is 0 Å².